The summed E-state index contributed by atoms with van der Waals surface area (Å²) in [6.45, 7) is 17.6. The number of carbonyl (C=O) groups is 3. The van der Waals surface area contributed by atoms with Crippen LogP contribution in [0.25, 0.3) is 27.7 Å². The molecule has 3 aromatic rings. The zero-order valence-corrected chi connectivity index (χ0v) is 34.2. The Balaban J connectivity index is 1.32. The molecule has 4 aliphatic heterocycles. The van der Waals surface area contributed by atoms with Crippen molar-refractivity contribution >= 4 is 51.9 Å². The molecule has 300 valence electrons. The number of hydrogen-bond donors (Lipinski definition) is 2. The number of allylic oxidation sites excluding steroid dienone is 2. The highest BCUT2D eigenvalue weighted by Gasteiger charge is 2.45. The monoisotopic (exact) mass is 785 g/mol. The van der Waals surface area contributed by atoms with Crippen LogP contribution in [0.5, 0.6) is 0 Å². The minimum absolute atomic E-state index is 0.108. The second kappa shape index (κ2) is 16.6. The summed E-state index contributed by atoms with van der Waals surface area (Å²) in [6.07, 6.45) is 6.05. The number of hydrazine groups is 1. The number of nitrogens with zero attached hydrogens (tertiary/aromatic N) is 5. The Morgan fingerprint density at radius 2 is 2.11 bits per heavy atom. The summed E-state index contributed by atoms with van der Waals surface area (Å²) in [5.74, 6) is -0.397. The molecule has 0 aliphatic carbocycles. The largest absolute Gasteiger partial charge is 0.464 e. The number of rotatable bonds is 7. The molecular formula is C42H55N7O6S. The van der Waals surface area contributed by atoms with E-state index in [2.05, 4.69) is 60.9 Å². The van der Waals surface area contributed by atoms with Gasteiger partial charge in [-0.15, -0.1) is 11.3 Å². The molecule has 0 unspecified atom stereocenters. The van der Waals surface area contributed by atoms with Crippen LogP contribution in [0, 0.1) is 11.3 Å². The molecule has 2 N–H and O–H groups in total. The van der Waals surface area contributed by atoms with Crippen molar-refractivity contribution in [2.75, 3.05) is 40.0 Å². The number of hydrogen-bond acceptors (Lipinski definition) is 10. The Hall–Kier alpha value is -4.37. The maximum atomic E-state index is 14.3. The SMILES string of the molecule is C=C/C(=C(\N=C/C)[C@H](C)OC)c1c2c3cc(ccc3n1CC)-c1csc(n1)C[C@H](NC(=O)N1C[C@H]3COCC[C@H]31)C(=O)N1CCC[C@H](N1)C(=O)OCC(C)(C)C2. The lowest BCUT2D eigenvalue weighted by Gasteiger charge is -2.50. The van der Waals surface area contributed by atoms with E-state index in [1.54, 1.807) is 13.3 Å². The molecule has 1 aromatic carbocycles. The Morgan fingerprint density at radius 3 is 2.84 bits per heavy atom. The highest BCUT2D eigenvalue weighted by atomic mass is 32.1. The number of thiazole rings is 1. The molecule has 56 heavy (non-hydrogen) atoms. The quantitative estimate of drug-likeness (QED) is 0.175. The molecule has 6 bridgehead atoms. The third-order valence-corrected chi connectivity index (χ3v) is 12.4. The molecule has 14 heteroatoms. The van der Waals surface area contributed by atoms with Crippen molar-refractivity contribution < 1.29 is 28.6 Å². The van der Waals surface area contributed by atoms with E-state index >= 15 is 0 Å². The fourth-order valence-electron chi connectivity index (χ4n) is 8.56. The Labute approximate surface area is 333 Å². The molecule has 0 radical (unpaired) electrons. The smallest absolute Gasteiger partial charge is 0.324 e. The molecular weight excluding hydrogens is 731 g/mol. The van der Waals surface area contributed by atoms with Crippen molar-refractivity contribution in [3.63, 3.8) is 0 Å². The topological polar surface area (TPSA) is 140 Å². The van der Waals surface area contributed by atoms with Gasteiger partial charge < -0.3 is 29.0 Å². The molecule has 2 aromatic heterocycles. The van der Waals surface area contributed by atoms with E-state index in [-0.39, 0.29) is 37.1 Å². The lowest BCUT2D eigenvalue weighted by atomic mass is 9.84. The second-order valence-electron chi connectivity index (χ2n) is 16.0. The van der Waals surface area contributed by atoms with E-state index in [0.717, 1.165) is 56.1 Å². The van der Waals surface area contributed by atoms with Crippen LogP contribution in [0.2, 0.25) is 0 Å². The summed E-state index contributed by atoms with van der Waals surface area (Å²) in [7, 11) is 1.68. The van der Waals surface area contributed by atoms with Crippen LogP contribution in [0.1, 0.15) is 70.1 Å². The van der Waals surface area contributed by atoms with Crippen molar-refractivity contribution in [2.24, 2.45) is 16.3 Å². The maximum Gasteiger partial charge on any atom is 0.324 e. The molecule has 0 saturated carbocycles. The van der Waals surface area contributed by atoms with Gasteiger partial charge in [-0.3, -0.25) is 19.6 Å². The van der Waals surface area contributed by atoms with Gasteiger partial charge in [0, 0.05) is 90.8 Å². The number of ether oxygens (including phenoxy) is 3. The third-order valence-electron chi connectivity index (χ3n) is 11.6. The summed E-state index contributed by atoms with van der Waals surface area (Å²) in [5, 5.41) is 8.34. The van der Waals surface area contributed by atoms with Crippen LogP contribution in [0.3, 0.4) is 0 Å². The predicted octanol–water partition coefficient (Wildman–Crippen LogP) is 5.77. The van der Waals surface area contributed by atoms with Crippen LogP contribution in [0.15, 0.2) is 46.9 Å². The number of fused-ring (bicyclic) bond motifs is 7. The first kappa shape index (κ1) is 39.8. The number of nitrogens with one attached hydrogen (secondary N) is 2. The number of benzene rings is 1. The third kappa shape index (κ3) is 7.80. The van der Waals surface area contributed by atoms with E-state index in [1.807, 2.05) is 30.2 Å². The van der Waals surface area contributed by atoms with Gasteiger partial charge in [0.1, 0.15) is 12.1 Å². The lowest BCUT2D eigenvalue weighted by molar-refractivity contribution is -0.155. The number of aryl methyl sites for hydroxylation is 1. The van der Waals surface area contributed by atoms with Gasteiger partial charge in [-0.05, 0) is 64.2 Å². The van der Waals surface area contributed by atoms with Crippen LogP contribution in [-0.4, -0.2) is 108 Å². The second-order valence-corrected chi connectivity index (χ2v) is 17.0. The van der Waals surface area contributed by atoms with Crippen molar-refractivity contribution in [3.05, 3.63) is 58.2 Å². The Bertz CT molecular complexity index is 2050. The van der Waals surface area contributed by atoms with E-state index in [9.17, 15) is 14.4 Å². The lowest BCUT2D eigenvalue weighted by Crippen LogP contribution is -2.67. The normalized spacial score (nSPS) is 25.2. The van der Waals surface area contributed by atoms with Crippen LogP contribution in [-0.2, 0) is 43.2 Å². The Kier molecular flexibility index (Phi) is 11.8. The van der Waals surface area contributed by atoms with Crippen molar-refractivity contribution in [3.8, 4) is 11.3 Å². The van der Waals surface area contributed by atoms with Crippen LogP contribution >= 0.6 is 11.3 Å². The number of urea groups is 1. The molecule has 3 amide bonds. The minimum atomic E-state index is -0.894. The molecule has 4 aliphatic rings. The maximum absolute atomic E-state index is 14.3. The average Bonchev–Trinajstić information content (AvgIpc) is 3.78. The molecule has 7 rings (SSSR count). The van der Waals surface area contributed by atoms with Gasteiger partial charge in [-0.1, -0.05) is 32.6 Å². The Morgan fingerprint density at radius 1 is 1.29 bits per heavy atom. The van der Waals surface area contributed by atoms with Gasteiger partial charge in [-0.25, -0.2) is 15.2 Å². The summed E-state index contributed by atoms with van der Waals surface area (Å²) in [5.41, 5.74) is 9.22. The van der Waals surface area contributed by atoms with Gasteiger partial charge in [-0.2, -0.15) is 0 Å². The zero-order chi connectivity index (χ0) is 39.7. The molecule has 5 atom stereocenters. The molecule has 3 saturated heterocycles. The molecule has 3 fully saturated rings. The van der Waals surface area contributed by atoms with Gasteiger partial charge in [0.15, 0.2) is 0 Å². The first-order valence-corrected chi connectivity index (χ1v) is 20.7. The highest BCUT2D eigenvalue weighted by molar-refractivity contribution is 7.10. The number of likely N-dealkylation sites (tertiary alicyclic amines) is 1. The summed E-state index contributed by atoms with van der Waals surface area (Å²) < 4.78 is 19.8. The van der Waals surface area contributed by atoms with Crippen molar-refractivity contribution in [2.45, 2.75) is 97.5 Å². The van der Waals surface area contributed by atoms with Gasteiger partial charge >= 0.3 is 12.0 Å². The van der Waals surface area contributed by atoms with E-state index in [0.29, 0.717) is 58.0 Å². The summed E-state index contributed by atoms with van der Waals surface area (Å²) >= 11 is 1.47. The molecule has 13 nitrogen and oxygen atoms in total. The summed E-state index contributed by atoms with van der Waals surface area (Å²) in [4.78, 5) is 53.3. The number of amides is 3. The van der Waals surface area contributed by atoms with Gasteiger partial charge in [0.05, 0.1) is 41.4 Å². The van der Waals surface area contributed by atoms with Crippen molar-refractivity contribution in [1.82, 2.24) is 30.2 Å². The number of aromatic nitrogens is 2. The van der Waals surface area contributed by atoms with E-state index < -0.39 is 23.5 Å². The van der Waals surface area contributed by atoms with Crippen molar-refractivity contribution in [1.29, 1.82) is 0 Å². The highest BCUT2D eigenvalue weighted by Crippen LogP contribution is 2.40. The first-order valence-electron chi connectivity index (χ1n) is 19.8. The number of cyclic esters (lactones) is 1. The van der Waals surface area contributed by atoms with Gasteiger partial charge in [0.2, 0.25) is 0 Å². The fraction of sp³-hybridized carbons (Fsp3) is 0.548. The minimum Gasteiger partial charge on any atom is -0.464 e. The van der Waals surface area contributed by atoms with Gasteiger partial charge in [0.25, 0.3) is 5.91 Å². The van der Waals surface area contributed by atoms with Crippen LogP contribution in [0.4, 0.5) is 4.79 Å². The fourth-order valence-corrected chi connectivity index (χ4v) is 9.41. The number of aliphatic imine (C=N–C) groups is 1. The zero-order valence-electron chi connectivity index (χ0n) is 33.4. The van der Waals surface area contributed by atoms with Crippen LogP contribution < -0.4 is 10.7 Å². The molecule has 0 spiro atoms. The summed E-state index contributed by atoms with van der Waals surface area (Å²) in [6, 6.07) is 4.65. The number of esters is 1. The van der Waals surface area contributed by atoms with E-state index in [4.69, 9.17) is 24.2 Å². The predicted molar refractivity (Wildman–Crippen MR) is 218 cm³/mol. The standard InChI is InChI=1S/C42H55N7O6S/c1-8-28(37(43-9-2)25(4)53-7)38-30-20-42(5,6)24-55-40(51)31-12-11-16-49(46-31)39(50)32(45-41(52)48-21-27-22-54-17-15-34(27)48)19-36-44-33(23-56-36)26-13-14-35(29(30)18-26)47(38)10-3/h8-9,13-14,18,23,25,27,31-32,34,46H,1,10-12,15-17,19-22,24H2,2-7H3,(H,45,52)/b37-28+,43-9-/t25-,27-,31-,32-,34+/m0/s1. The number of carbonyl (C=O) groups excluding carboxylic acids is 3. The average molecular weight is 786 g/mol. The first-order chi connectivity index (χ1) is 27.0. The molecule has 6 heterocycles. The number of methoxy groups -OCH3 is 1. The van der Waals surface area contributed by atoms with E-state index in [1.165, 1.54) is 16.3 Å².